The van der Waals surface area contributed by atoms with Gasteiger partial charge >= 0.3 is 0 Å². The zero-order chi connectivity index (χ0) is 20.3. The third-order valence-electron chi connectivity index (χ3n) is 4.18. The molecule has 0 saturated heterocycles. The molecule has 0 aliphatic carbocycles. The summed E-state index contributed by atoms with van der Waals surface area (Å²) in [7, 11) is 1.84. The Balaban J connectivity index is 2.10. The van der Waals surface area contributed by atoms with Gasteiger partial charge in [-0.1, -0.05) is 32.1 Å². The number of benzene rings is 1. The second kappa shape index (κ2) is 7.61. The van der Waals surface area contributed by atoms with E-state index in [2.05, 4.69) is 47.1 Å². The van der Waals surface area contributed by atoms with Crippen LogP contribution in [0.2, 0.25) is 0 Å². The molecule has 1 aromatic carbocycles. The van der Waals surface area contributed by atoms with E-state index in [1.807, 2.05) is 31.3 Å². The maximum absolute atomic E-state index is 9.30. The lowest BCUT2D eigenvalue weighted by Crippen LogP contribution is -2.09. The van der Waals surface area contributed by atoms with Gasteiger partial charge in [-0.15, -0.1) is 5.10 Å². The van der Waals surface area contributed by atoms with Gasteiger partial charge in [0.05, 0.1) is 11.2 Å². The number of aryl methyl sites for hydroxylation is 1. The number of aliphatic imine (C=N–C) groups is 1. The predicted octanol–water partition coefficient (Wildman–Crippen LogP) is 3.32. The first-order valence-electron chi connectivity index (χ1n) is 8.95. The van der Waals surface area contributed by atoms with E-state index in [0.717, 1.165) is 27.7 Å². The Morgan fingerprint density at radius 1 is 1.29 bits per heavy atom. The van der Waals surface area contributed by atoms with E-state index in [1.165, 1.54) is 6.20 Å². The van der Waals surface area contributed by atoms with Gasteiger partial charge in [-0.25, -0.2) is 9.67 Å². The van der Waals surface area contributed by atoms with Gasteiger partial charge in [-0.3, -0.25) is 4.99 Å². The monoisotopic (exact) mass is 373 g/mol. The minimum atomic E-state index is 0.0823. The number of hydrogen-bond acceptors (Lipinski definition) is 6. The van der Waals surface area contributed by atoms with E-state index in [4.69, 9.17) is 5.73 Å². The molecule has 0 aliphatic heterocycles. The summed E-state index contributed by atoms with van der Waals surface area (Å²) in [4.78, 5) is 9.06. The lowest BCUT2D eigenvalue weighted by Gasteiger charge is -2.14. The molecule has 0 amide bonds. The van der Waals surface area contributed by atoms with Crippen LogP contribution in [0, 0.1) is 16.7 Å². The molecule has 7 nitrogen and oxygen atoms in total. The van der Waals surface area contributed by atoms with Gasteiger partial charge in [0.15, 0.2) is 0 Å². The van der Waals surface area contributed by atoms with Gasteiger partial charge < -0.3 is 5.73 Å². The van der Waals surface area contributed by atoms with Gasteiger partial charge in [0.1, 0.15) is 17.3 Å². The van der Waals surface area contributed by atoms with Crippen molar-refractivity contribution in [1.29, 1.82) is 5.26 Å². The maximum Gasteiger partial charge on any atom is 0.141 e. The number of nitrogens with zero attached hydrogens (tertiary/aromatic N) is 6. The first kappa shape index (κ1) is 19.2. The van der Waals surface area contributed by atoms with Gasteiger partial charge in [-0.05, 0) is 29.7 Å². The molecule has 0 fully saturated rings. The molecule has 0 aliphatic rings. The number of nitrogens with two attached hydrogens (primary N) is 1. The number of nitriles is 1. The van der Waals surface area contributed by atoms with Crippen LogP contribution in [0.25, 0.3) is 27.9 Å². The lowest BCUT2D eigenvalue weighted by molar-refractivity contribution is 0.430. The molecule has 2 N–H and O–H groups in total. The molecule has 28 heavy (non-hydrogen) atoms. The predicted molar refractivity (Wildman–Crippen MR) is 111 cm³/mol. The number of allylic oxidation sites excluding steroid dienone is 1. The third-order valence-corrected chi connectivity index (χ3v) is 4.18. The summed E-state index contributed by atoms with van der Waals surface area (Å²) in [6.07, 6.45) is 3.28. The van der Waals surface area contributed by atoms with E-state index in [1.54, 1.807) is 17.0 Å². The van der Waals surface area contributed by atoms with Crippen molar-refractivity contribution in [3.63, 3.8) is 0 Å². The number of rotatable bonds is 4. The highest BCUT2D eigenvalue weighted by atomic mass is 15.4. The van der Waals surface area contributed by atoms with Crippen molar-refractivity contribution in [3.05, 3.63) is 47.8 Å². The van der Waals surface area contributed by atoms with E-state index in [9.17, 15) is 5.26 Å². The van der Waals surface area contributed by atoms with Crippen molar-refractivity contribution in [2.75, 3.05) is 6.54 Å². The van der Waals surface area contributed by atoms with Crippen molar-refractivity contribution in [2.45, 2.75) is 20.8 Å². The minimum absolute atomic E-state index is 0.0823. The summed E-state index contributed by atoms with van der Waals surface area (Å²) in [6.45, 7) is 7.05. The molecule has 0 bridgehead atoms. The second-order valence-corrected chi connectivity index (χ2v) is 7.77. The molecule has 2 heterocycles. The molecular formula is C21H23N7. The van der Waals surface area contributed by atoms with Gasteiger partial charge in [-0.2, -0.15) is 5.26 Å². The van der Waals surface area contributed by atoms with Crippen molar-refractivity contribution < 1.29 is 0 Å². The first-order valence-corrected chi connectivity index (χ1v) is 8.95. The molecule has 0 atom stereocenters. The Bertz CT molecular complexity index is 1110. The van der Waals surface area contributed by atoms with Crippen molar-refractivity contribution in [1.82, 2.24) is 20.0 Å². The van der Waals surface area contributed by atoms with Crippen molar-refractivity contribution in [3.8, 4) is 17.3 Å². The quantitative estimate of drug-likeness (QED) is 0.706. The zero-order valence-corrected chi connectivity index (χ0v) is 16.5. The van der Waals surface area contributed by atoms with Gasteiger partial charge in [0, 0.05) is 42.7 Å². The fourth-order valence-corrected chi connectivity index (χ4v) is 2.78. The van der Waals surface area contributed by atoms with Crippen LogP contribution in [0.5, 0.6) is 0 Å². The Kier molecular flexibility index (Phi) is 5.23. The fraction of sp³-hybridized carbons (Fsp3) is 0.286. The van der Waals surface area contributed by atoms with Crippen LogP contribution in [0.15, 0.2) is 41.5 Å². The van der Waals surface area contributed by atoms with Gasteiger partial charge in [0.25, 0.3) is 0 Å². The number of aromatic nitrogens is 4. The Hall–Kier alpha value is -3.53. The molecule has 0 radical (unpaired) electrons. The zero-order valence-electron chi connectivity index (χ0n) is 16.5. The molecule has 0 saturated carbocycles. The summed E-state index contributed by atoms with van der Waals surface area (Å²) in [5.74, 6) is 0. The normalized spacial score (nSPS) is 12.6. The van der Waals surface area contributed by atoms with Gasteiger partial charge in [0.2, 0.25) is 0 Å². The molecule has 0 spiro atoms. The topological polar surface area (TPSA) is 106 Å². The average Bonchev–Trinajstić information content (AvgIpc) is 3.04. The number of fused-ring (bicyclic) bond motifs is 1. The largest absolute Gasteiger partial charge is 0.404 e. The molecule has 0 unspecified atom stereocenters. The highest BCUT2D eigenvalue weighted by molar-refractivity contribution is 6.11. The molecule has 142 valence electrons. The van der Waals surface area contributed by atoms with Crippen LogP contribution in [0.3, 0.4) is 0 Å². The molecule has 2 aromatic heterocycles. The van der Waals surface area contributed by atoms with Crippen molar-refractivity contribution in [2.24, 2.45) is 23.2 Å². The Morgan fingerprint density at radius 2 is 2.07 bits per heavy atom. The summed E-state index contributed by atoms with van der Waals surface area (Å²) in [5.41, 5.74) is 11.0. The molecule has 3 aromatic rings. The van der Waals surface area contributed by atoms with Crippen LogP contribution in [-0.4, -0.2) is 32.7 Å². The third kappa shape index (κ3) is 4.07. The summed E-state index contributed by atoms with van der Waals surface area (Å²) in [5, 5.41) is 17.5. The van der Waals surface area contributed by atoms with Crippen LogP contribution in [0.4, 0.5) is 0 Å². The standard InChI is InChI=1S/C21H23N7/c1-21(2,3)13-24-12-15(10-22)17-7-6-16(11-23)25-20(17)14-5-8-19-18(9-14)26-27-28(19)4/h5-10,12H,13,22H2,1-4H3. The summed E-state index contributed by atoms with van der Waals surface area (Å²) < 4.78 is 1.71. The average molecular weight is 373 g/mol. The Morgan fingerprint density at radius 3 is 2.75 bits per heavy atom. The maximum atomic E-state index is 9.30. The van der Waals surface area contributed by atoms with Crippen LogP contribution in [-0.2, 0) is 7.05 Å². The van der Waals surface area contributed by atoms with Crippen LogP contribution < -0.4 is 5.73 Å². The smallest absolute Gasteiger partial charge is 0.141 e. The number of pyridine rings is 1. The van der Waals surface area contributed by atoms with Crippen LogP contribution >= 0.6 is 0 Å². The number of hydrogen-bond donors (Lipinski definition) is 1. The molecule has 3 rings (SSSR count). The minimum Gasteiger partial charge on any atom is -0.404 e. The van der Waals surface area contributed by atoms with E-state index < -0.39 is 0 Å². The molecule has 7 heteroatoms. The summed E-state index contributed by atoms with van der Waals surface area (Å²) >= 11 is 0. The Labute approximate surface area is 164 Å². The van der Waals surface area contributed by atoms with E-state index in [0.29, 0.717) is 17.9 Å². The van der Waals surface area contributed by atoms with E-state index in [-0.39, 0.29) is 5.41 Å². The second-order valence-electron chi connectivity index (χ2n) is 7.77. The SMILES string of the molecule is Cn1nnc2cc(-c3nc(C#N)ccc3C(C=NCC(C)(C)C)=CN)ccc21. The highest BCUT2D eigenvalue weighted by Gasteiger charge is 2.14. The first-order chi connectivity index (χ1) is 13.3. The molecular weight excluding hydrogens is 350 g/mol. The summed E-state index contributed by atoms with van der Waals surface area (Å²) in [6, 6.07) is 11.4. The fourth-order valence-electron chi connectivity index (χ4n) is 2.78. The highest BCUT2D eigenvalue weighted by Crippen LogP contribution is 2.29. The lowest BCUT2D eigenvalue weighted by atomic mass is 9.97. The van der Waals surface area contributed by atoms with Crippen LogP contribution in [0.1, 0.15) is 32.0 Å². The van der Waals surface area contributed by atoms with Crippen molar-refractivity contribution >= 4 is 22.8 Å². The van der Waals surface area contributed by atoms with E-state index >= 15 is 0 Å².